The van der Waals surface area contributed by atoms with Crippen molar-refractivity contribution in [2.24, 2.45) is 0 Å². The van der Waals surface area contributed by atoms with Crippen LogP contribution in [0.25, 0.3) is 22.6 Å². The van der Waals surface area contributed by atoms with Crippen molar-refractivity contribution in [2.75, 3.05) is 0 Å². The molecule has 0 aliphatic heterocycles. The van der Waals surface area contributed by atoms with Crippen LogP contribution in [-0.2, 0) is 0 Å². The van der Waals surface area contributed by atoms with E-state index in [9.17, 15) is 9.59 Å². The summed E-state index contributed by atoms with van der Waals surface area (Å²) >= 11 is 0. The molecule has 0 radical (unpaired) electrons. The van der Waals surface area contributed by atoms with E-state index in [-0.39, 0.29) is 11.3 Å². The Balaban J connectivity index is 1.83. The van der Waals surface area contributed by atoms with Crippen molar-refractivity contribution in [2.45, 2.75) is 0 Å². The second-order valence-corrected chi connectivity index (χ2v) is 5.38. The summed E-state index contributed by atoms with van der Waals surface area (Å²) in [5.41, 5.74) is 3.22. The van der Waals surface area contributed by atoms with E-state index in [1.54, 1.807) is 12.1 Å². The summed E-state index contributed by atoms with van der Waals surface area (Å²) in [4.78, 5) is 28.2. The lowest BCUT2D eigenvalue weighted by molar-refractivity contribution is 0.0696. The summed E-state index contributed by atoms with van der Waals surface area (Å²) in [6.07, 6.45) is 1.71. The van der Waals surface area contributed by atoms with Crippen LogP contribution in [0, 0.1) is 0 Å². The lowest BCUT2D eigenvalue weighted by Crippen LogP contribution is -2.02. The summed E-state index contributed by atoms with van der Waals surface area (Å²) in [5.74, 6) is -1.13. The minimum Gasteiger partial charge on any atom is -0.478 e. The minimum atomic E-state index is -1.01. The quantitative estimate of drug-likeness (QED) is 0.784. The third kappa shape index (κ3) is 2.12. The van der Waals surface area contributed by atoms with Gasteiger partial charge in [0.15, 0.2) is 5.78 Å². The van der Waals surface area contributed by atoms with Crippen LogP contribution in [0.3, 0.4) is 0 Å². The van der Waals surface area contributed by atoms with Gasteiger partial charge in [-0.25, -0.2) is 9.78 Å². The summed E-state index contributed by atoms with van der Waals surface area (Å²) in [6.45, 7) is 0. The summed E-state index contributed by atoms with van der Waals surface area (Å²) < 4.78 is 0. The largest absolute Gasteiger partial charge is 0.478 e. The number of pyridine rings is 1. The first-order valence-electron chi connectivity index (χ1n) is 7.13. The highest BCUT2D eigenvalue weighted by Crippen LogP contribution is 2.32. The zero-order valence-corrected chi connectivity index (χ0v) is 12.0. The van der Waals surface area contributed by atoms with Crippen molar-refractivity contribution < 1.29 is 14.7 Å². The topological polar surface area (TPSA) is 67.3 Å². The molecule has 1 N–H and O–H groups in total. The number of nitrogens with zero attached hydrogens (tertiary/aromatic N) is 1. The predicted molar refractivity (Wildman–Crippen MR) is 87.3 cm³/mol. The van der Waals surface area contributed by atoms with Crippen LogP contribution in [0.4, 0.5) is 0 Å². The molecule has 0 unspecified atom stereocenters. The van der Waals surface area contributed by atoms with E-state index in [2.05, 4.69) is 4.98 Å². The molecule has 4 heteroatoms. The van der Waals surface area contributed by atoms with E-state index in [1.807, 2.05) is 36.4 Å². The first-order chi connectivity index (χ1) is 11.1. The highest BCUT2D eigenvalue weighted by molar-refractivity contribution is 6.37. The van der Waals surface area contributed by atoms with Gasteiger partial charge in [-0.2, -0.15) is 0 Å². The predicted octanol–water partition coefficient (Wildman–Crippen LogP) is 3.67. The second-order valence-electron chi connectivity index (χ2n) is 5.38. The molecule has 1 aliphatic rings. The second kappa shape index (κ2) is 4.88. The van der Waals surface area contributed by atoms with Gasteiger partial charge in [0.05, 0.1) is 16.8 Å². The average molecular weight is 301 g/mol. The van der Waals surface area contributed by atoms with Crippen LogP contribution >= 0.6 is 0 Å². The third-order valence-electron chi connectivity index (χ3n) is 3.96. The number of carboxylic acids is 1. The van der Waals surface area contributed by atoms with Crippen molar-refractivity contribution in [3.05, 3.63) is 77.0 Å². The number of para-hydroxylation sites is 1. The fraction of sp³-hybridized carbons (Fsp3) is 0. The Morgan fingerprint density at radius 1 is 1.00 bits per heavy atom. The highest BCUT2D eigenvalue weighted by atomic mass is 16.4. The SMILES string of the molecule is O=C(O)c1ccc2c(c1)C=C(c1ccc3ccccc3n1)C2=O. The van der Waals surface area contributed by atoms with Crippen LogP contribution in [0.1, 0.15) is 32.0 Å². The third-order valence-corrected chi connectivity index (χ3v) is 3.96. The fourth-order valence-corrected chi connectivity index (χ4v) is 2.79. The number of aromatic nitrogens is 1. The molecule has 2 aromatic carbocycles. The van der Waals surface area contributed by atoms with Gasteiger partial charge in [-0.1, -0.05) is 24.3 Å². The van der Waals surface area contributed by atoms with Gasteiger partial charge in [0.25, 0.3) is 0 Å². The molecule has 0 bridgehead atoms. The van der Waals surface area contributed by atoms with Gasteiger partial charge in [-0.05, 0) is 42.0 Å². The number of fused-ring (bicyclic) bond motifs is 2. The molecule has 4 nitrogen and oxygen atoms in total. The van der Waals surface area contributed by atoms with E-state index < -0.39 is 5.97 Å². The van der Waals surface area contributed by atoms with Gasteiger partial charge < -0.3 is 5.11 Å². The van der Waals surface area contributed by atoms with E-state index in [4.69, 9.17) is 5.11 Å². The Morgan fingerprint density at radius 2 is 1.83 bits per heavy atom. The van der Waals surface area contributed by atoms with Crippen molar-refractivity contribution in [3.63, 3.8) is 0 Å². The van der Waals surface area contributed by atoms with Gasteiger partial charge in [0, 0.05) is 16.5 Å². The van der Waals surface area contributed by atoms with Gasteiger partial charge in [-0.3, -0.25) is 4.79 Å². The van der Waals surface area contributed by atoms with Crippen molar-refractivity contribution in [3.8, 4) is 0 Å². The molecule has 1 aromatic heterocycles. The number of hydrogen-bond donors (Lipinski definition) is 1. The van der Waals surface area contributed by atoms with Crippen LogP contribution in [-0.4, -0.2) is 21.8 Å². The van der Waals surface area contributed by atoms with E-state index in [1.165, 1.54) is 12.1 Å². The number of Topliss-reactive ketones (excluding diaryl/α,β-unsaturated/α-hetero) is 1. The van der Waals surface area contributed by atoms with Crippen LogP contribution < -0.4 is 0 Å². The molecule has 0 amide bonds. The monoisotopic (exact) mass is 301 g/mol. The molecule has 0 atom stereocenters. The first kappa shape index (κ1) is 13.4. The summed E-state index contributed by atoms with van der Waals surface area (Å²) in [6, 6.07) is 16.0. The molecule has 1 heterocycles. The van der Waals surface area contributed by atoms with Gasteiger partial charge >= 0.3 is 5.97 Å². The number of carboxylic acid groups (broad SMARTS) is 1. The number of hydrogen-bond acceptors (Lipinski definition) is 3. The maximum atomic E-state index is 12.6. The Labute approximate surface area is 131 Å². The lowest BCUT2D eigenvalue weighted by atomic mass is 10.0. The molecular formula is C19H11NO3. The zero-order valence-electron chi connectivity index (χ0n) is 12.0. The normalized spacial score (nSPS) is 13.0. The van der Waals surface area contributed by atoms with Crippen molar-refractivity contribution >= 4 is 34.3 Å². The Bertz CT molecular complexity index is 1020. The molecule has 4 rings (SSSR count). The number of benzene rings is 2. The first-order valence-corrected chi connectivity index (χ1v) is 7.13. The van der Waals surface area contributed by atoms with Crippen molar-refractivity contribution in [1.29, 1.82) is 0 Å². The molecule has 1 aliphatic carbocycles. The van der Waals surface area contributed by atoms with Gasteiger partial charge in [0.1, 0.15) is 0 Å². The van der Waals surface area contributed by atoms with E-state index >= 15 is 0 Å². The van der Waals surface area contributed by atoms with Gasteiger partial charge in [0.2, 0.25) is 0 Å². The lowest BCUT2D eigenvalue weighted by Gasteiger charge is -2.03. The maximum absolute atomic E-state index is 12.6. The molecule has 3 aromatic rings. The standard InChI is InChI=1S/C19H11NO3/c21-18-14-7-5-12(19(22)23)9-13(14)10-15(18)17-8-6-11-3-1-2-4-16(11)20-17/h1-10H,(H,22,23). The number of carbonyl (C=O) groups excluding carboxylic acids is 1. The Kier molecular flexibility index (Phi) is 2.84. The number of aromatic carboxylic acids is 1. The molecule has 110 valence electrons. The fourth-order valence-electron chi connectivity index (χ4n) is 2.79. The minimum absolute atomic E-state index is 0.125. The van der Waals surface area contributed by atoms with Gasteiger partial charge in [-0.15, -0.1) is 0 Å². The smallest absolute Gasteiger partial charge is 0.335 e. The number of rotatable bonds is 2. The molecule has 0 saturated carbocycles. The number of carbonyl (C=O) groups is 2. The summed E-state index contributed by atoms with van der Waals surface area (Å²) in [7, 11) is 0. The van der Waals surface area contributed by atoms with Crippen LogP contribution in [0.2, 0.25) is 0 Å². The summed E-state index contributed by atoms with van der Waals surface area (Å²) in [5, 5.41) is 10.1. The van der Waals surface area contributed by atoms with Crippen LogP contribution in [0.5, 0.6) is 0 Å². The zero-order chi connectivity index (χ0) is 16.0. The van der Waals surface area contributed by atoms with E-state index in [0.717, 1.165) is 10.9 Å². The van der Waals surface area contributed by atoms with E-state index in [0.29, 0.717) is 22.4 Å². The Hall–Kier alpha value is -3.27. The molecule has 0 saturated heterocycles. The number of allylic oxidation sites excluding steroid dienone is 1. The van der Waals surface area contributed by atoms with Crippen molar-refractivity contribution in [1.82, 2.24) is 4.98 Å². The van der Waals surface area contributed by atoms with Crippen LogP contribution in [0.15, 0.2) is 54.6 Å². The highest BCUT2D eigenvalue weighted by Gasteiger charge is 2.25. The molecule has 0 fully saturated rings. The molecule has 0 spiro atoms. The molecular weight excluding hydrogens is 290 g/mol. The Morgan fingerprint density at radius 3 is 2.65 bits per heavy atom. The average Bonchev–Trinajstić information content (AvgIpc) is 2.91. The molecule has 23 heavy (non-hydrogen) atoms. The maximum Gasteiger partial charge on any atom is 0.335 e. The number of ketones is 1.